The highest BCUT2D eigenvalue weighted by molar-refractivity contribution is 5.95. The van der Waals surface area contributed by atoms with E-state index in [1.807, 2.05) is 24.3 Å². The van der Waals surface area contributed by atoms with Crippen LogP contribution in [0.5, 0.6) is 0 Å². The van der Waals surface area contributed by atoms with Crippen LogP contribution in [0.15, 0.2) is 24.3 Å². The molecule has 1 aliphatic rings. The molecule has 1 aromatic rings. The predicted octanol–water partition coefficient (Wildman–Crippen LogP) is 2.30. The molecule has 1 saturated carbocycles. The first-order valence-electron chi connectivity index (χ1n) is 7.42. The van der Waals surface area contributed by atoms with Crippen molar-refractivity contribution in [3.05, 3.63) is 35.4 Å². The van der Waals surface area contributed by atoms with E-state index < -0.39 is 0 Å². The molecule has 1 amide bonds. The molecule has 2 unspecified atom stereocenters. The van der Waals surface area contributed by atoms with Crippen molar-refractivity contribution in [2.45, 2.75) is 45.2 Å². The molecule has 0 aromatic heterocycles. The third kappa shape index (κ3) is 3.38. The Hall–Kier alpha value is -1.39. The molecule has 4 heteroatoms. The van der Waals surface area contributed by atoms with Gasteiger partial charge in [0.2, 0.25) is 0 Å². The van der Waals surface area contributed by atoms with Crippen LogP contribution in [0.1, 0.15) is 48.5 Å². The van der Waals surface area contributed by atoms with Crippen LogP contribution in [0, 0.1) is 5.92 Å². The highest BCUT2D eigenvalue weighted by Gasteiger charge is 2.25. The standard InChI is InChI=1S/C16H25N3O/c1-12-7-3-6-10-15(12)19(2)11-13-8-4-5-9-14(13)16(20)18-17/h4-5,8-9,12,15H,3,6-7,10-11,17H2,1-2H3,(H,18,20). The monoisotopic (exact) mass is 275 g/mol. The average molecular weight is 275 g/mol. The topological polar surface area (TPSA) is 58.4 Å². The number of hydrogen-bond acceptors (Lipinski definition) is 3. The number of amides is 1. The van der Waals surface area contributed by atoms with Crippen molar-refractivity contribution < 1.29 is 4.79 Å². The van der Waals surface area contributed by atoms with E-state index in [0.717, 1.165) is 18.0 Å². The van der Waals surface area contributed by atoms with Gasteiger partial charge in [0.1, 0.15) is 0 Å². The molecule has 0 saturated heterocycles. The zero-order chi connectivity index (χ0) is 14.5. The van der Waals surface area contributed by atoms with Crippen LogP contribution in [-0.2, 0) is 6.54 Å². The molecule has 0 spiro atoms. The molecule has 1 aromatic carbocycles. The van der Waals surface area contributed by atoms with E-state index in [2.05, 4.69) is 24.3 Å². The number of carbonyl (C=O) groups is 1. The quantitative estimate of drug-likeness (QED) is 0.503. The molecule has 3 N–H and O–H groups in total. The van der Waals surface area contributed by atoms with Gasteiger partial charge in [-0.25, -0.2) is 5.84 Å². The van der Waals surface area contributed by atoms with Crippen molar-refractivity contribution in [3.8, 4) is 0 Å². The lowest BCUT2D eigenvalue weighted by molar-refractivity contribution is 0.0948. The summed E-state index contributed by atoms with van der Waals surface area (Å²) in [4.78, 5) is 14.2. The minimum absolute atomic E-state index is 0.217. The molecule has 0 heterocycles. The molecule has 4 nitrogen and oxygen atoms in total. The number of nitrogens with zero attached hydrogens (tertiary/aromatic N) is 1. The van der Waals surface area contributed by atoms with Crippen molar-refractivity contribution in [1.29, 1.82) is 0 Å². The fourth-order valence-electron chi connectivity index (χ4n) is 3.29. The van der Waals surface area contributed by atoms with Crippen molar-refractivity contribution in [1.82, 2.24) is 10.3 Å². The molecule has 0 radical (unpaired) electrons. The lowest BCUT2D eigenvalue weighted by Crippen LogP contribution is -2.39. The fraction of sp³-hybridized carbons (Fsp3) is 0.562. The van der Waals surface area contributed by atoms with Gasteiger partial charge < -0.3 is 0 Å². The summed E-state index contributed by atoms with van der Waals surface area (Å²) in [6, 6.07) is 8.29. The van der Waals surface area contributed by atoms with Crippen LogP contribution < -0.4 is 11.3 Å². The average Bonchev–Trinajstić information content (AvgIpc) is 2.47. The number of benzene rings is 1. The molecule has 1 fully saturated rings. The number of nitrogens with one attached hydrogen (secondary N) is 1. The zero-order valence-corrected chi connectivity index (χ0v) is 12.4. The second-order valence-corrected chi connectivity index (χ2v) is 5.87. The summed E-state index contributed by atoms with van der Waals surface area (Å²) < 4.78 is 0. The van der Waals surface area contributed by atoms with Gasteiger partial charge in [0.15, 0.2) is 0 Å². The Morgan fingerprint density at radius 3 is 2.75 bits per heavy atom. The lowest BCUT2D eigenvalue weighted by Gasteiger charge is -2.36. The van der Waals surface area contributed by atoms with E-state index in [4.69, 9.17) is 5.84 Å². The minimum atomic E-state index is -0.217. The summed E-state index contributed by atoms with van der Waals surface area (Å²) >= 11 is 0. The number of rotatable bonds is 4. The van der Waals surface area contributed by atoms with Crippen LogP contribution in [0.4, 0.5) is 0 Å². The van der Waals surface area contributed by atoms with Gasteiger partial charge in [-0.05, 0) is 37.4 Å². The first-order chi connectivity index (χ1) is 9.63. The number of nitrogens with two attached hydrogens (primary N) is 1. The van der Waals surface area contributed by atoms with Crippen molar-refractivity contribution in [3.63, 3.8) is 0 Å². The van der Waals surface area contributed by atoms with E-state index in [1.54, 1.807) is 0 Å². The first kappa shape index (κ1) is 15.0. The van der Waals surface area contributed by atoms with E-state index in [9.17, 15) is 4.79 Å². The van der Waals surface area contributed by atoms with Gasteiger partial charge in [-0.15, -0.1) is 0 Å². The SMILES string of the molecule is CC1CCCCC1N(C)Cc1ccccc1C(=O)NN. The van der Waals surface area contributed by atoms with E-state index in [1.165, 1.54) is 25.7 Å². The normalized spacial score (nSPS) is 22.8. The van der Waals surface area contributed by atoms with Crippen LogP contribution in [0.2, 0.25) is 0 Å². The van der Waals surface area contributed by atoms with Gasteiger partial charge in [-0.3, -0.25) is 15.1 Å². The summed E-state index contributed by atoms with van der Waals surface area (Å²) in [5.41, 5.74) is 3.94. The van der Waals surface area contributed by atoms with Gasteiger partial charge >= 0.3 is 0 Å². The second-order valence-electron chi connectivity index (χ2n) is 5.87. The Morgan fingerprint density at radius 2 is 2.05 bits per heavy atom. The van der Waals surface area contributed by atoms with Crippen molar-refractivity contribution >= 4 is 5.91 Å². The third-order valence-corrected chi connectivity index (χ3v) is 4.45. The fourth-order valence-corrected chi connectivity index (χ4v) is 3.29. The Labute approximate surface area is 121 Å². The number of hydrogen-bond donors (Lipinski definition) is 2. The zero-order valence-electron chi connectivity index (χ0n) is 12.4. The highest BCUT2D eigenvalue weighted by atomic mass is 16.2. The Bertz CT molecular complexity index is 461. The van der Waals surface area contributed by atoms with E-state index in [-0.39, 0.29) is 5.91 Å². The Balaban J connectivity index is 2.11. The van der Waals surface area contributed by atoms with E-state index in [0.29, 0.717) is 11.6 Å². The summed E-state index contributed by atoms with van der Waals surface area (Å²) in [5.74, 6) is 5.76. The summed E-state index contributed by atoms with van der Waals surface area (Å²) in [6.45, 7) is 3.12. The molecule has 2 atom stereocenters. The smallest absolute Gasteiger partial charge is 0.265 e. The summed E-state index contributed by atoms with van der Waals surface area (Å²) in [7, 11) is 2.16. The molecular weight excluding hydrogens is 250 g/mol. The molecule has 0 bridgehead atoms. The maximum atomic E-state index is 11.8. The van der Waals surface area contributed by atoms with Gasteiger partial charge in [-0.2, -0.15) is 0 Å². The van der Waals surface area contributed by atoms with Gasteiger partial charge in [-0.1, -0.05) is 38.0 Å². The minimum Gasteiger partial charge on any atom is -0.299 e. The molecule has 2 rings (SSSR count). The van der Waals surface area contributed by atoms with Crippen LogP contribution in [0.3, 0.4) is 0 Å². The predicted molar refractivity (Wildman–Crippen MR) is 81.0 cm³/mol. The summed E-state index contributed by atoms with van der Waals surface area (Å²) in [6.07, 6.45) is 5.21. The molecule has 110 valence electrons. The van der Waals surface area contributed by atoms with Crippen molar-refractivity contribution in [2.75, 3.05) is 7.05 Å². The maximum absolute atomic E-state index is 11.8. The molecule has 1 aliphatic carbocycles. The summed E-state index contributed by atoms with van der Waals surface area (Å²) in [5, 5.41) is 0. The van der Waals surface area contributed by atoms with Crippen molar-refractivity contribution in [2.24, 2.45) is 11.8 Å². The molecule has 20 heavy (non-hydrogen) atoms. The Morgan fingerprint density at radius 1 is 1.35 bits per heavy atom. The second kappa shape index (κ2) is 6.86. The highest BCUT2D eigenvalue weighted by Crippen LogP contribution is 2.28. The molecule has 0 aliphatic heterocycles. The number of nitrogen functional groups attached to an aromatic ring is 1. The lowest BCUT2D eigenvalue weighted by atomic mass is 9.85. The first-order valence-corrected chi connectivity index (χ1v) is 7.42. The van der Waals surface area contributed by atoms with Gasteiger partial charge in [0.05, 0.1) is 0 Å². The van der Waals surface area contributed by atoms with Gasteiger partial charge in [0, 0.05) is 18.2 Å². The Kier molecular flexibility index (Phi) is 5.15. The van der Waals surface area contributed by atoms with Crippen LogP contribution >= 0.6 is 0 Å². The number of hydrazine groups is 1. The number of carbonyl (C=O) groups excluding carboxylic acids is 1. The van der Waals surface area contributed by atoms with Crippen LogP contribution in [0.25, 0.3) is 0 Å². The van der Waals surface area contributed by atoms with Gasteiger partial charge in [0.25, 0.3) is 5.91 Å². The largest absolute Gasteiger partial charge is 0.299 e. The third-order valence-electron chi connectivity index (χ3n) is 4.45. The maximum Gasteiger partial charge on any atom is 0.265 e. The van der Waals surface area contributed by atoms with Crippen LogP contribution in [-0.4, -0.2) is 23.9 Å². The van der Waals surface area contributed by atoms with E-state index >= 15 is 0 Å². The molecular formula is C16H25N3O.